The van der Waals surface area contributed by atoms with Gasteiger partial charge in [-0.25, -0.2) is 15.0 Å². The largest absolute Gasteiger partial charge is 0.367 e. The van der Waals surface area contributed by atoms with E-state index in [4.69, 9.17) is 9.97 Å². The highest BCUT2D eigenvalue weighted by Gasteiger charge is 2.33. The summed E-state index contributed by atoms with van der Waals surface area (Å²) >= 11 is 0. The number of aromatic nitrogens is 5. The van der Waals surface area contributed by atoms with Gasteiger partial charge in [0, 0.05) is 96.1 Å². The Morgan fingerprint density at radius 2 is 1.59 bits per heavy atom. The lowest BCUT2D eigenvalue weighted by molar-refractivity contribution is -0.137. The number of hydrogen-bond donors (Lipinski definition) is 2. The zero-order valence-corrected chi connectivity index (χ0v) is 35.5. The normalized spacial score (nSPS) is 21.3. The summed E-state index contributed by atoms with van der Waals surface area (Å²) in [6.07, 6.45) is 14.7. The lowest BCUT2D eigenvalue weighted by atomic mass is 9.90. The molecule has 9 rings (SSSR count). The summed E-state index contributed by atoms with van der Waals surface area (Å²) in [6, 6.07) is 10.1. The van der Waals surface area contributed by atoms with Crippen LogP contribution in [-0.4, -0.2) is 136 Å². The Bertz CT molecular complexity index is 2230. The van der Waals surface area contributed by atoms with Crippen LogP contribution in [0.4, 0.5) is 23.3 Å². The predicted octanol–water partition coefficient (Wildman–Crippen LogP) is 4.58. The molecular formula is C45H58N12O4. The second-order valence-electron chi connectivity index (χ2n) is 17.8. The van der Waals surface area contributed by atoms with Gasteiger partial charge in [-0.2, -0.15) is 4.98 Å². The summed E-state index contributed by atoms with van der Waals surface area (Å²) in [4.78, 5) is 80.4. The van der Waals surface area contributed by atoms with Crippen molar-refractivity contribution in [3.05, 3.63) is 60.2 Å². The van der Waals surface area contributed by atoms with Gasteiger partial charge in [-0.1, -0.05) is 12.8 Å². The van der Waals surface area contributed by atoms with E-state index in [1.165, 1.54) is 0 Å². The molecule has 4 saturated heterocycles. The minimum Gasteiger partial charge on any atom is -0.367 e. The molecule has 1 saturated carbocycles. The Morgan fingerprint density at radius 1 is 0.820 bits per heavy atom. The molecule has 4 amide bonds. The summed E-state index contributed by atoms with van der Waals surface area (Å²) in [6.45, 7) is 7.78. The summed E-state index contributed by atoms with van der Waals surface area (Å²) in [5.74, 6) is 2.25. The molecule has 8 heterocycles. The monoisotopic (exact) mass is 830 g/mol. The molecule has 322 valence electrons. The SMILES string of the molecule is CN(C)C(=O)c1cc2cnc(Nc3ccc(N4CCN(C(=O)C5CCN(CC6CCN(c7cc(C8CCC(=O)NC8=O)ccn7)CC6)CC5)CC4)cn3)nc2n1C1CCCC1. The summed E-state index contributed by atoms with van der Waals surface area (Å²) < 4.78 is 2.11. The number of nitrogens with zero attached hydrogens (tertiary/aromatic N) is 10. The first-order valence-electron chi connectivity index (χ1n) is 22.3. The van der Waals surface area contributed by atoms with Gasteiger partial charge in [0.2, 0.25) is 23.7 Å². The van der Waals surface area contributed by atoms with Gasteiger partial charge in [-0.05, 0) is 99.8 Å². The molecule has 16 nitrogen and oxygen atoms in total. The van der Waals surface area contributed by atoms with Crippen molar-refractivity contribution in [2.75, 3.05) is 88.1 Å². The molecule has 0 bridgehead atoms. The fourth-order valence-corrected chi connectivity index (χ4v) is 10.1. The highest BCUT2D eigenvalue weighted by atomic mass is 16.2. The number of carbonyl (C=O) groups is 4. The van der Waals surface area contributed by atoms with E-state index < -0.39 is 0 Å². The highest BCUT2D eigenvalue weighted by Crippen LogP contribution is 2.35. The molecule has 4 aromatic heterocycles. The second kappa shape index (κ2) is 17.8. The van der Waals surface area contributed by atoms with Crippen LogP contribution < -0.4 is 20.4 Å². The Labute approximate surface area is 357 Å². The molecule has 0 spiro atoms. The molecule has 1 aliphatic carbocycles. The Hall–Kier alpha value is -5.64. The lowest BCUT2D eigenvalue weighted by Crippen LogP contribution is -2.52. The molecule has 61 heavy (non-hydrogen) atoms. The maximum absolute atomic E-state index is 13.7. The minimum atomic E-state index is -0.301. The number of anilines is 4. The highest BCUT2D eigenvalue weighted by molar-refractivity contribution is 6.01. The molecule has 0 aromatic carbocycles. The van der Waals surface area contributed by atoms with Crippen LogP contribution in [0, 0.1) is 11.8 Å². The van der Waals surface area contributed by atoms with Crippen LogP contribution >= 0.6 is 0 Å². The molecule has 1 unspecified atom stereocenters. The molecule has 0 radical (unpaired) electrons. The van der Waals surface area contributed by atoms with E-state index in [1.54, 1.807) is 31.4 Å². The number of rotatable bonds is 10. The van der Waals surface area contributed by atoms with E-state index in [-0.39, 0.29) is 35.6 Å². The molecule has 16 heteroatoms. The Morgan fingerprint density at radius 3 is 2.30 bits per heavy atom. The Kier molecular flexibility index (Phi) is 11.9. The fourth-order valence-electron chi connectivity index (χ4n) is 10.1. The van der Waals surface area contributed by atoms with Crippen molar-refractivity contribution in [2.24, 2.45) is 11.8 Å². The van der Waals surface area contributed by atoms with Crippen LogP contribution in [0.25, 0.3) is 11.0 Å². The summed E-state index contributed by atoms with van der Waals surface area (Å²) in [5.41, 5.74) is 3.37. The average molecular weight is 831 g/mol. The third-order valence-corrected chi connectivity index (χ3v) is 13.6. The number of hydrogen-bond acceptors (Lipinski definition) is 12. The van der Waals surface area contributed by atoms with Crippen molar-refractivity contribution in [2.45, 2.75) is 76.2 Å². The maximum atomic E-state index is 13.7. The third kappa shape index (κ3) is 8.91. The number of piperazine rings is 1. The van der Waals surface area contributed by atoms with Crippen molar-refractivity contribution in [3.63, 3.8) is 0 Å². The molecule has 5 aliphatic rings. The molecule has 4 aliphatic heterocycles. The van der Waals surface area contributed by atoms with Gasteiger partial charge in [-0.15, -0.1) is 0 Å². The van der Waals surface area contributed by atoms with Gasteiger partial charge in [0.1, 0.15) is 23.0 Å². The van der Waals surface area contributed by atoms with Crippen molar-refractivity contribution in [3.8, 4) is 0 Å². The zero-order chi connectivity index (χ0) is 42.0. The van der Waals surface area contributed by atoms with Crippen molar-refractivity contribution >= 4 is 57.9 Å². The van der Waals surface area contributed by atoms with Gasteiger partial charge >= 0.3 is 0 Å². The van der Waals surface area contributed by atoms with Crippen molar-refractivity contribution in [1.82, 2.24) is 44.5 Å². The fraction of sp³-hybridized carbons (Fsp3) is 0.556. The number of nitrogens with one attached hydrogen (secondary N) is 2. The van der Waals surface area contributed by atoms with Crippen molar-refractivity contribution < 1.29 is 19.2 Å². The van der Waals surface area contributed by atoms with E-state index in [9.17, 15) is 19.2 Å². The molecule has 1 atom stereocenters. The van der Waals surface area contributed by atoms with E-state index in [1.807, 2.05) is 30.5 Å². The first kappa shape index (κ1) is 40.7. The number of pyridine rings is 2. The van der Waals surface area contributed by atoms with E-state index in [0.717, 1.165) is 125 Å². The topological polar surface area (TPSA) is 165 Å². The van der Waals surface area contributed by atoms with Crippen LogP contribution in [0.3, 0.4) is 0 Å². The van der Waals surface area contributed by atoms with Gasteiger partial charge < -0.3 is 34.4 Å². The zero-order valence-electron chi connectivity index (χ0n) is 35.5. The third-order valence-electron chi connectivity index (χ3n) is 13.6. The number of carbonyl (C=O) groups excluding carboxylic acids is 4. The van der Waals surface area contributed by atoms with E-state index in [0.29, 0.717) is 55.2 Å². The quantitative estimate of drug-likeness (QED) is 0.214. The van der Waals surface area contributed by atoms with Gasteiger partial charge in [0.15, 0.2) is 0 Å². The van der Waals surface area contributed by atoms with Crippen LogP contribution in [0.15, 0.2) is 48.9 Å². The minimum absolute atomic E-state index is 0.0309. The molecule has 2 N–H and O–H groups in total. The first-order valence-corrected chi connectivity index (χ1v) is 22.3. The van der Waals surface area contributed by atoms with Crippen LogP contribution in [0.1, 0.15) is 92.2 Å². The number of piperidine rings is 3. The standard InChI is InChI=1S/C45H58N12O4/c1-52(2)44(61)37-25-33-27-48-45(51-41(33)57(37)34-5-3-4-6-34)49-38-9-7-35(28-47-38)54-21-23-56(24-22-54)43(60)31-14-17-53(18-15-31)29-30-12-19-55(20-13-30)39-26-32(11-16-46-39)36-8-10-40(58)50-42(36)59/h7,9,11,16,25-28,30-31,34,36H,3-6,8,10,12-15,17-24,29H2,1-2H3,(H,50,58,59)(H,47,48,49,51). The smallest absolute Gasteiger partial charge is 0.270 e. The number of fused-ring (bicyclic) bond motifs is 1. The van der Waals surface area contributed by atoms with E-state index in [2.05, 4.69) is 50.8 Å². The predicted molar refractivity (Wildman–Crippen MR) is 233 cm³/mol. The van der Waals surface area contributed by atoms with Crippen molar-refractivity contribution in [1.29, 1.82) is 0 Å². The lowest BCUT2D eigenvalue weighted by Gasteiger charge is -2.40. The van der Waals surface area contributed by atoms with Gasteiger partial charge in [0.25, 0.3) is 5.91 Å². The van der Waals surface area contributed by atoms with Gasteiger partial charge in [-0.3, -0.25) is 24.5 Å². The first-order chi connectivity index (χ1) is 29.7. The summed E-state index contributed by atoms with van der Waals surface area (Å²) in [7, 11) is 3.56. The van der Waals surface area contributed by atoms with Crippen LogP contribution in [-0.2, 0) is 14.4 Å². The second-order valence-corrected chi connectivity index (χ2v) is 17.8. The van der Waals surface area contributed by atoms with Crippen LogP contribution in [0.5, 0.6) is 0 Å². The number of imide groups is 1. The molecular weight excluding hydrogens is 773 g/mol. The van der Waals surface area contributed by atoms with Crippen LogP contribution in [0.2, 0.25) is 0 Å². The summed E-state index contributed by atoms with van der Waals surface area (Å²) in [5, 5.41) is 6.60. The van der Waals surface area contributed by atoms with Gasteiger partial charge in [0.05, 0.1) is 17.8 Å². The molecule has 5 fully saturated rings. The van der Waals surface area contributed by atoms with E-state index >= 15 is 0 Å². The number of likely N-dealkylation sites (tertiary alicyclic amines) is 1. The average Bonchev–Trinajstić information content (AvgIpc) is 3.95. The maximum Gasteiger partial charge on any atom is 0.270 e. The Balaban J connectivity index is 0.716. The number of amides is 4. The molecule has 4 aromatic rings.